The molecule has 0 radical (unpaired) electrons. The highest BCUT2D eigenvalue weighted by atomic mass is 32.2. The van der Waals surface area contributed by atoms with E-state index in [0.717, 1.165) is 36.4 Å². The topological polar surface area (TPSA) is 75.0 Å². The SMILES string of the molecule is CC(SCC(=O)N1CCC(CN)C1)c1nc2ccccc2[nH]1. The van der Waals surface area contributed by atoms with Crippen molar-refractivity contribution in [1.82, 2.24) is 14.9 Å². The third-order valence-corrected chi connectivity index (χ3v) is 5.36. The van der Waals surface area contributed by atoms with Crippen LogP contribution in [0.4, 0.5) is 0 Å². The third-order valence-electron chi connectivity index (χ3n) is 4.22. The average Bonchev–Trinajstić information content (AvgIpc) is 3.18. The second-order valence-electron chi connectivity index (χ2n) is 5.82. The summed E-state index contributed by atoms with van der Waals surface area (Å²) in [7, 11) is 0. The molecular formula is C16H22N4OS. The van der Waals surface area contributed by atoms with Crippen LogP contribution in [0.25, 0.3) is 11.0 Å². The van der Waals surface area contributed by atoms with E-state index in [0.29, 0.717) is 18.2 Å². The smallest absolute Gasteiger partial charge is 0.232 e. The lowest BCUT2D eigenvalue weighted by Crippen LogP contribution is -2.31. The van der Waals surface area contributed by atoms with Gasteiger partial charge in [0.1, 0.15) is 5.82 Å². The van der Waals surface area contributed by atoms with E-state index < -0.39 is 0 Å². The standard InChI is InChI=1S/C16H22N4OS/c1-11(16-18-13-4-2-3-5-14(13)19-16)22-10-15(21)20-7-6-12(8-17)9-20/h2-5,11-12H,6-10,17H2,1H3,(H,18,19). The van der Waals surface area contributed by atoms with Crippen LogP contribution in [0.15, 0.2) is 24.3 Å². The number of aromatic amines is 1. The van der Waals surface area contributed by atoms with Gasteiger partial charge in [-0.2, -0.15) is 0 Å². The maximum absolute atomic E-state index is 12.2. The van der Waals surface area contributed by atoms with E-state index in [4.69, 9.17) is 5.73 Å². The number of para-hydroxylation sites is 2. The van der Waals surface area contributed by atoms with Gasteiger partial charge < -0.3 is 15.6 Å². The fraction of sp³-hybridized carbons (Fsp3) is 0.500. The molecule has 0 aliphatic carbocycles. The van der Waals surface area contributed by atoms with Gasteiger partial charge in [0.25, 0.3) is 0 Å². The number of imidazole rings is 1. The Labute approximate surface area is 134 Å². The maximum atomic E-state index is 12.2. The first kappa shape index (κ1) is 15.4. The van der Waals surface area contributed by atoms with Crippen molar-refractivity contribution in [2.24, 2.45) is 11.7 Å². The molecule has 2 heterocycles. The molecule has 0 bridgehead atoms. The van der Waals surface area contributed by atoms with Crippen molar-refractivity contribution in [2.75, 3.05) is 25.4 Å². The minimum atomic E-state index is 0.171. The molecule has 2 unspecified atom stereocenters. The van der Waals surface area contributed by atoms with E-state index in [-0.39, 0.29) is 11.2 Å². The molecule has 5 nitrogen and oxygen atoms in total. The third kappa shape index (κ3) is 3.28. The van der Waals surface area contributed by atoms with Crippen LogP contribution in [-0.4, -0.2) is 46.2 Å². The quantitative estimate of drug-likeness (QED) is 0.886. The lowest BCUT2D eigenvalue weighted by atomic mass is 10.1. The second kappa shape index (κ2) is 6.71. The van der Waals surface area contributed by atoms with Crippen molar-refractivity contribution in [3.05, 3.63) is 30.1 Å². The van der Waals surface area contributed by atoms with Gasteiger partial charge >= 0.3 is 0 Å². The Balaban J connectivity index is 1.55. The number of nitrogens with zero attached hydrogens (tertiary/aromatic N) is 2. The summed E-state index contributed by atoms with van der Waals surface area (Å²) in [6.45, 7) is 4.42. The van der Waals surface area contributed by atoms with Gasteiger partial charge in [0.2, 0.25) is 5.91 Å². The van der Waals surface area contributed by atoms with Crippen LogP contribution in [-0.2, 0) is 4.79 Å². The molecular weight excluding hydrogens is 296 g/mol. The number of carbonyl (C=O) groups is 1. The summed E-state index contributed by atoms with van der Waals surface area (Å²) >= 11 is 1.63. The molecule has 1 saturated heterocycles. The van der Waals surface area contributed by atoms with Crippen LogP contribution in [0, 0.1) is 5.92 Å². The summed E-state index contributed by atoms with van der Waals surface area (Å²) in [6, 6.07) is 7.99. The Hall–Kier alpha value is -1.53. The van der Waals surface area contributed by atoms with E-state index >= 15 is 0 Å². The van der Waals surface area contributed by atoms with Gasteiger partial charge in [0, 0.05) is 13.1 Å². The van der Waals surface area contributed by atoms with Gasteiger partial charge in [0.15, 0.2) is 0 Å². The first-order valence-corrected chi connectivity index (χ1v) is 8.76. The summed E-state index contributed by atoms with van der Waals surface area (Å²) in [4.78, 5) is 22.1. The molecule has 2 atom stereocenters. The number of nitrogens with one attached hydrogen (secondary N) is 1. The summed E-state index contributed by atoms with van der Waals surface area (Å²) in [5, 5.41) is 0.171. The number of amides is 1. The van der Waals surface area contributed by atoms with E-state index in [1.807, 2.05) is 29.2 Å². The fourth-order valence-electron chi connectivity index (χ4n) is 2.78. The largest absolute Gasteiger partial charge is 0.342 e. The minimum absolute atomic E-state index is 0.171. The number of hydrogen-bond donors (Lipinski definition) is 2. The predicted octanol–water partition coefficient (Wildman–Crippen LogP) is 2.16. The lowest BCUT2D eigenvalue weighted by molar-refractivity contribution is -0.127. The maximum Gasteiger partial charge on any atom is 0.232 e. The number of hydrogen-bond acceptors (Lipinski definition) is 4. The monoisotopic (exact) mass is 318 g/mol. The first-order valence-electron chi connectivity index (χ1n) is 7.71. The van der Waals surface area contributed by atoms with Crippen LogP contribution in [0.2, 0.25) is 0 Å². The number of benzene rings is 1. The summed E-state index contributed by atoms with van der Waals surface area (Å²) < 4.78 is 0. The number of nitrogens with two attached hydrogens (primary N) is 1. The number of rotatable bonds is 5. The van der Waals surface area contributed by atoms with Crippen molar-refractivity contribution >= 4 is 28.7 Å². The molecule has 1 aliphatic rings. The zero-order valence-electron chi connectivity index (χ0n) is 12.8. The molecule has 1 aliphatic heterocycles. The van der Waals surface area contributed by atoms with Crippen LogP contribution in [0.5, 0.6) is 0 Å². The molecule has 2 aromatic rings. The normalized spacial score (nSPS) is 19.7. The number of thioether (sulfide) groups is 1. The molecule has 118 valence electrons. The van der Waals surface area contributed by atoms with Crippen molar-refractivity contribution in [3.8, 4) is 0 Å². The number of H-pyrrole nitrogens is 1. The summed E-state index contributed by atoms with van der Waals surface area (Å²) in [5.74, 6) is 2.11. The van der Waals surface area contributed by atoms with Crippen LogP contribution >= 0.6 is 11.8 Å². The molecule has 3 rings (SSSR count). The molecule has 22 heavy (non-hydrogen) atoms. The minimum Gasteiger partial charge on any atom is -0.342 e. The molecule has 1 fully saturated rings. The Morgan fingerprint density at radius 3 is 3.09 bits per heavy atom. The average molecular weight is 318 g/mol. The van der Waals surface area contributed by atoms with E-state index in [2.05, 4.69) is 16.9 Å². The van der Waals surface area contributed by atoms with Gasteiger partial charge in [-0.3, -0.25) is 4.79 Å². The van der Waals surface area contributed by atoms with Crippen LogP contribution in [0.3, 0.4) is 0 Å². The molecule has 0 spiro atoms. The molecule has 6 heteroatoms. The van der Waals surface area contributed by atoms with Crippen molar-refractivity contribution in [3.63, 3.8) is 0 Å². The number of carbonyl (C=O) groups excluding carboxylic acids is 1. The number of fused-ring (bicyclic) bond motifs is 1. The van der Waals surface area contributed by atoms with E-state index in [1.54, 1.807) is 11.8 Å². The van der Waals surface area contributed by atoms with Gasteiger partial charge in [-0.25, -0.2) is 4.98 Å². The van der Waals surface area contributed by atoms with E-state index in [1.165, 1.54) is 0 Å². The Bertz CT molecular complexity index is 623. The Morgan fingerprint density at radius 1 is 1.55 bits per heavy atom. The van der Waals surface area contributed by atoms with Crippen LogP contribution in [0.1, 0.15) is 24.4 Å². The summed E-state index contributed by atoms with van der Waals surface area (Å²) in [6.07, 6.45) is 1.03. The van der Waals surface area contributed by atoms with Gasteiger partial charge in [-0.05, 0) is 37.9 Å². The molecule has 1 amide bonds. The molecule has 1 aromatic heterocycles. The Morgan fingerprint density at radius 2 is 2.36 bits per heavy atom. The Kier molecular flexibility index (Phi) is 4.69. The first-order chi connectivity index (χ1) is 10.7. The van der Waals surface area contributed by atoms with Crippen LogP contribution < -0.4 is 5.73 Å². The highest BCUT2D eigenvalue weighted by Crippen LogP contribution is 2.28. The fourth-order valence-corrected chi connectivity index (χ4v) is 3.63. The molecule has 1 aromatic carbocycles. The molecule has 0 saturated carbocycles. The molecule has 3 N–H and O–H groups in total. The highest BCUT2D eigenvalue weighted by Gasteiger charge is 2.25. The van der Waals surface area contributed by atoms with Gasteiger partial charge in [0.05, 0.1) is 22.0 Å². The second-order valence-corrected chi connectivity index (χ2v) is 7.15. The number of likely N-dealkylation sites (tertiary alicyclic amines) is 1. The predicted molar refractivity (Wildman–Crippen MR) is 90.7 cm³/mol. The van der Waals surface area contributed by atoms with Crippen molar-refractivity contribution in [1.29, 1.82) is 0 Å². The summed E-state index contributed by atoms with van der Waals surface area (Å²) in [5.41, 5.74) is 7.69. The highest BCUT2D eigenvalue weighted by molar-refractivity contribution is 8.00. The van der Waals surface area contributed by atoms with Gasteiger partial charge in [-0.1, -0.05) is 12.1 Å². The van der Waals surface area contributed by atoms with Crippen molar-refractivity contribution in [2.45, 2.75) is 18.6 Å². The van der Waals surface area contributed by atoms with Crippen molar-refractivity contribution < 1.29 is 4.79 Å². The lowest BCUT2D eigenvalue weighted by Gasteiger charge is -2.17. The zero-order valence-corrected chi connectivity index (χ0v) is 13.6. The van der Waals surface area contributed by atoms with E-state index in [9.17, 15) is 4.79 Å². The zero-order chi connectivity index (χ0) is 15.5. The van der Waals surface area contributed by atoms with Gasteiger partial charge in [-0.15, -0.1) is 11.8 Å². The number of aromatic nitrogens is 2.